The molecule has 0 fully saturated rings. The second-order valence-corrected chi connectivity index (χ2v) is 5.46. The fraction of sp³-hybridized carbons (Fsp3) is 0.111. The Labute approximate surface area is 76.0 Å². The Balaban J connectivity index is 2.76. The van der Waals surface area contributed by atoms with Crippen LogP contribution in [-0.4, -0.2) is 26.1 Å². The molecule has 1 nitrogen and oxygen atoms in total. The number of benzene rings is 1. The van der Waals surface area contributed by atoms with Gasteiger partial charge in [0.2, 0.25) is 0 Å². The van der Waals surface area contributed by atoms with E-state index in [4.69, 9.17) is 0 Å². The van der Waals surface area contributed by atoms with Crippen LogP contribution in [-0.2, 0) is 0 Å². The molecule has 1 N–H and O–H groups in total. The molecular formula is C9H9NSn. The minimum atomic E-state index is -0.271. The van der Waals surface area contributed by atoms with Gasteiger partial charge in [0.15, 0.2) is 0 Å². The standard InChI is InChI=1S/C8H6N.CH3.Sn/c1-2-4-8-7(3-1)5-6-9-8;;/h1-4,6,9H;1H3;. The summed E-state index contributed by atoms with van der Waals surface area (Å²) in [6.45, 7) is 0. The van der Waals surface area contributed by atoms with Crippen molar-refractivity contribution in [3.63, 3.8) is 0 Å². The molecule has 0 aliphatic carbocycles. The molecule has 2 rings (SSSR count). The zero-order valence-corrected chi connectivity index (χ0v) is 9.24. The fourth-order valence-electron chi connectivity index (χ4n) is 1.28. The topological polar surface area (TPSA) is 15.8 Å². The third-order valence-corrected chi connectivity index (χ3v) is 4.58. The molecule has 2 heteroatoms. The van der Waals surface area contributed by atoms with Gasteiger partial charge in [0.05, 0.1) is 0 Å². The van der Waals surface area contributed by atoms with E-state index in [0.29, 0.717) is 0 Å². The number of hydrogen-bond donors (Lipinski definition) is 1. The molecule has 0 atom stereocenters. The predicted molar refractivity (Wildman–Crippen MR) is 49.6 cm³/mol. The van der Waals surface area contributed by atoms with Gasteiger partial charge >= 0.3 is 76.0 Å². The van der Waals surface area contributed by atoms with Gasteiger partial charge in [-0.05, 0) is 0 Å². The van der Waals surface area contributed by atoms with Crippen molar-refractivity contribution in [3.8, 4) is 0 Å². The molecule has 0 aliphatic heterocycles. The van der Waals surface area contributed by atoms with Gasteiger partial charge in [0.1, 0.15) is 0 Å². The van der Waals surface area contributed by atoms with E-state index < -0.39 is 0 Å². The molecule has 54 valence electrons. The van der Waals surface area contributed by atoms with E-state index in [-0.39, 0.29) is 21.1 Å². The van der Waals surface area contributed by atoms with E-state index in [1.54, 1.807) is 3.58 Å². The second-order valence-electron chi connectivity index (χ2n) is 2.50. The molecule has 0 aliphatic rings. The molecule has 2 aromatic rings. The van der Waals surface area contributed by atoms with Crippen LogP contribution in [0.1, 0.15) is 0 Å². The van der Waals surface area contributed by atoms with Crippen LogP contribution in [0.5, 0.6) is 0 Å². The van der Waals surface area contributed by atoms with Gasteiger partial charge in [-0.2, -0.15) is 0 Å². The van der Waals surface area contributed by atoms with Gasteiger partial charge in [-0.1, -0.05) is 0 Å². The van der Waals surface area contributed by atoms with E-state index >= 15 is 0 Å². The summed E-state index contributed by atoms with van der Waals surface area (Å²) in [7, 11) is 0. The maximum absolute atomic E-state index is 3.28. The summed E-state index contributed by atoms with van der Waals surface area (Å²) in [5.41, 5.74) is 1.28. The summed E-state index contributed by atoms with van der Waals surface area (Å²) in [6, 6.07) is 8.51. The Morgan fingerprint density at radius 3 is 2.91 bits per heavy atom. The Morgan fingerprint density at radius 2 is 2.09 bits per heavy atom. The first kappa shape index (κ1) is 7.22. The molecule has 1 heterocycles. The SMILES string of the molecule is [CH3][Sn][c]1c[nH]c2ccccc12. The van der Waals surface area contributed by atoms with E-state index in [1.807, 2.05) is 0 Å². The number of aromatic amines is 1. The van der Waals surface area contributed by atoms with E-state index in [0.717, 1.165) is 0 Å². The summed E-state index contributed by atoms with van der Waals surface area (Å²) in [5, 5.41) is 1.43. The van der Waals surface area contributed by atoms with Crippen molar-refractivity contribution in [2.75, 3.05) is 0 Å². The van der Waals surface area contributed by atoms with Crippen LogP contribution >= 0.6 is 0 Å². The average molecular weight is 250 g/mol. The minimum absolute atomic E-state index is 0.271. The predicted octanol–water partition coefficient (Wildman–Crippen LogP) is 1.55. The normalized spacial score (nSPS) is 10.6. The van der Waals surface area contributed by atoms with Crippen molar-refractivity contribution >= 4 is 35.6 Å². The van der Waals surface area contributed by atoms with E-state index in [1.165, 1.54) is 10.9 Å². The summed E-state index contributed by atoms with van der Waals surface area (Å²) in [4.78, 5) is 5.63. The number of nitrogens with one attached hydrogen (secondary N) is 1. The van der Waals surface area contributed by atoms with E-state index in [2.05, 4.69) is 40.4 Å². The molecular weight excluding hydrogens is 241 g/mol. The van der Waals surface area contributed by atoms with Crippen molar-refractivity contribution in [2.45, 2.75) is 4.94 Å². The molecule has 0 saturated carbocycles. The van der Waals surface area contributed by atoms with Crippen LogP contribution in [0.4, 0.5) is 0 Å². The first-order valence-corrected chi connectivity index (χ1v) is 7.94. The van der Waals surface area contributed by atoms with Crippen molar-refractivity contribution in [1.82, 2.24) is 4.98 Å². The van der Waals surface area contributed by atoms with Crippen LogP contribution in [0.15, 0.2) is 30.5 Å². The Hall–Kier alpha value is -0.441. The van der Waals surface area contributed by atoms with Gasteiger partial charge in [0, 0.05) is 0 Å². The van der Waals surface area contributed by atoms with Crippen molar-refractivity contribution in [3.05, 3.63) is 30.5 Å². The molecule has 0 bridgehead atoms. The van der Waals surface area contributed by atoms with Crippen LogP contribution in [0.25, 0.3) is 10.9 Å². The third-order valence-electron chi connectivity index (χ3n) is 1.86. The average Bonchev–Trinajstić information content (AvgIpc) is 2.47. The Bertz CT molecular complexity index is 364. The number of aromatic nitrogens is 1. The first-order valence-electron chi connectivity index (χ1n) is 3.65. The van der Waals surface area contributed by atoms with Crippen molar-refractivity contribution in [1.29, 1.82) is 0 Å². The first-order chi connectivity index (χ1) is 5.42. The molecule has 0 spiro atoms. The second kappa shape index (κ2) is 2.89. The number of hydrogen-bond acceptors (Lipinski definition) is 0. The van der Waals surface area contributed by atoms with Crippen LogP contribution in [0, 0.1) is 0 Å². The molecule has 0 amide bonds. The third kappa shape index (κ3) is 1.18. The van der Waals surface area contributed by atoms with Crippen LogP contribution in [0.2, 0.25) is 4.94 Å². The van der Waals surface area contributed by atoms with Crippen molar-refractivity contribution < 1.29 is 0 Å². The zero-order valence-electron chi connectivity index (χ0n) is 6.39. The quantitative estimate of drug-likeness (QED) is 0.739. The molecule has 1 aromatic heterocycles. The van der Waals surface area contributed by atoms with Crippen molar-refractivity contribution in [2.24, 2.45) is 0 Å². The summed E-state index contributed by atoms with van der Waals surface area (Å²) >= 11 is -0.271. The summed E-state index contributed by atoms with van der Waals surface area (Å²) in [5.74, 6) is 0. The molecule has 2 radical (unpaired) electrons. The molecule has 1 aromatic carbocycles. The maximum atomic E-state index is 3.28. The number of fused-ring (bicyclic) bond motifs is 1. The van der Waals surface area contributed by atoms with E-state index in [9.17, 15) is 0 Å². The fourth-order valence-corrected chi connectivity index (χ4v) is 3.29. The molecule has 0 saturated heterocycles. The summed E-state index contributed by atoms with van der Waals surface area (Å²) < 4.78 is 1.57. The molecule has 11 heavy (non-hydrogen) atoms. The Kier molecular flexibility index (Phi) is 1.90. The van der Waals surface area contributed by atoms with Gasteiger partial charge < -0.3 is 0 Å². The Morgan fingerprint density at radius 1 is 1.27 bits per heavy atom. The number of rotatable bonds is 1. The van der Waals surface area contributed by atoms with Crippen LogP contribution < -0.4 is 3.58 Å². The number of para-hydroxylation sites is 1. The molecule has 0 unspecified atom stereocenters. The zero-order chi connectivity index (χ0) is 7.68. The van der Waals surface area contributed by atoms with Gasteiger partial charge in [-0.15, -0.1) is 0 Å². The van der Waals surface area contributed by atoms with Gasteiger partial charge in [0.25, 0.3) is 0 Å². The van der Waals surface area contributed by atoms with Gasteiger partial charge in [-0.25, -0.2) is 0 Å². The van der Waals surface area contributed by atoms with Crippen LogP contribution in [0.3, 0.4) is 0 Å². The van der Waals surface area contributed by atoms with Gasteiger partial charge in [-0.3, -0.25) is 0 Å². The summed E-state index contributed by atoms with van der Waals surface area (Å²) in [6.07, 6.45) is 2.16. The number of H-pyrrole nitrogens is 1. The monoisotopic (exact) mass is 251 g/mol.